The predicted octanol–water partition coefficient (Wildman–Crippen LogP) is 5.14. The number of aromatic nitrogens is 2. The summed E-state index contributed by atoms with van der Waals surface area (Å²) in [5.41, 5.74) is 4.00. The van der Waals surface area contributed by atoms with E-state index in [1.54, 1.807) is 28.6 Å². The second kappa shape index (κ2) is 10.6. The molecule has 6 nitrogen and oxygen atoms in total. The summed E-state index contributed by atoms with van der Waals surface area (Å²) in [7, 11) is -3.66. The van der Waals surface area contributed by atoms with Gasteiger partial charge in [0.15, 0.2) is 0 Å². The van der Waals surface area contributed by atoms with E-state index in [0.717, 1.165) is 55.1 Å². The van der Waals surface area contributed by atoms with Gasteiger partial charge in [-0.3, -0.25) is 4.90 Å². The maximum Gasteiger partial charge on any atom is 0.243 e. The van der Waals surface area contributed by atoms with Gasteiger partial charge in [-0.05, 0) is 49.2 Å². The Labute approximate surface area is 208 Å². The summed E-state index contributed by atoms with van der Waals surface area (Å²) in [5.74, 6) is 0.181. The van der Waals surface area contributed by atoms with Crippen LogP contribution in [0.1, 0.15) is 44.1 Å². The van der Waals surface area contributed by atoms with Gasteiger partial charge in [0.25, 0.3) is 0 Å². The van der Waals surface area contributed by atoms with Crippen molar-refractivity contribution in [2.24, 2.45) is 5.92 Å². The molecule has 8 heteroatoms. The minimum Gasteiger partial charge on any atom is -0.299 e. The molecule has 0 saturated carbocycles. The van der Waals surface area contributed by atoms with Gasteiger partial charge in [-0.25, -0.2) is 13.1 Å². The molecule has 2 heterocycles. The summed E-state index contributed by atoms with van der Waals surface area (Å²) >= 11 is 6.28. The molecular formula is C26H33ClN4O2S. The maximum atomic E-state index is 13.6. The summed E-state index contributed by atoms with van der Waals surface area (Å²) < 4.78 is 30.7. The quantitative estimate of drug-likeness (QED) is 0.408. The molecule has 0 unspecified atom stereocenters. The lowest BCUT2D eigenvalue weighted by atomic mass is 10.0. The van der Waals surface area contributed by atoms with Crippen LogP contribution in [0.2, 0.25) is 5.02 Å². The molecule has 0 saturated heterocycles. The van der Waals surface area contributed by atoms with Crippen LogP contribution in [0.5, 0.6) is 0 Å². The minimum absolute atomic E-state index is 0.181. The highest BCUT2D eigenvalue weighted by atomic mass is 35.5. The van der Waals surface area contributed by atoms with Gasteiger partial charge in [-0.2, -0.15) is 9.40 Å². The summed E-state index contributed by atoms with van der Waals surface area (Å²) in [4.78, 5) is 2.74. The van der Waals surface area contributed by atoms with E-state index in [9.17, 15) is 8.42 Å². The molecule has 2 aromatic carbocycles. The first-order valence-corrected chi connectivity index (χ1v) is 13.7. The van der Waals surface area contributed by atoms with Crippen molar-refractivity contribution < 1.29 is 8.42 Å². The molecular weight excluding hydrogens is 468 g/mol. The Morgan fingerprint density at radius 3 is 2.56 bits per heavy atom. The molecule has 182 valence electrons. The smallest absolute Gasteiger partial charge is 0.243 e. The highest BCUT2D eigenvalue weighted by Gasteiger charge is 2.31. The molecule has 0 atom stereocenters. The monoisotopic (exact) mass is 500 g/mol. The fourth-order valence-electron chi connectivity index (χ4n) is 4.56. The topological polar surface area (TPSA) is 58.4 Å². The van der Waals surface area contributed by atoms with E-state index in [0.29, 0.717) is 16.5 Å². The normalized spacial score (nSPS) is 14.6. The molecule has 1 aliphatic heterocycles. The van der Waals surface area contributed by atoms with Crippen molar-refractivity contribution in [2.45, 2.75) is 51.6 Å². The van der Waals surface area contributed by atoms with Crippen molar-refractivity contribution in [1.82, 2.24) is 19.0 Å². The number of nitrogens with zero attached hydrogens (tertiary/aromatic N) is 4. The Balaban J connectivity index is 1.77. The molecule has 3 aromatic rings. The van der Waals surface area contributed by atoms with Crippen molar-refractivity contribution >= 4 is 21.6 Å². The lowest BCUT2D eigenvalue weighted by molar-refractivity contribution is 0.251. The van der Waals surface area contributed by atoms with E-state index in [1.165, 1.54) is 0 Å². The fraction of sp³-hybridized carbons (Fsp3) is 0.423. The van der Waals surface area contributed by atoms with E-state index in [-0.39, 0.29) is 12.5 Å². The third-order valence-electron chi connectivity index (χ3n) is 6.09. The lowest BCUT2D eigenvalue weighted by Gasteiger charge is -2.28. The minimum atomic E-state index is -3.66. The van der Waals surface area contributed by atoms with Crippen molar-refractivity contribution in [1.29, 1.82) is 0 Å². The summed E-state index contributed by atoms with van der Waals surface area (Å²) in [6.45, 7) is 9.68. The predicted molar refractivity (Wildman–Crippen MR) is 137 cm³/mol. The number of sulfonamides is 1. The van der Waals surface area contributed by atoms with Crippen molar-refractivity contribution in [3.63, 3.8) is 0 Å². The molecule has 1 aliphatic rings. The molecule has 0 fully saturated rings. The third kappa shape index (κ3) is 5.38. The van der Waals surface area contributed by atoms with E-state index in [4.69, 9.17) is 16.7 Å². The first-order chi connectivity index (χ1) is 16.3. The van der Waals surface area contributed by atoms with Gasteiger partial charge >= 0.3 is 0 Å². The average molecular weight is 501 g/mol. The Morgan fingerprint density at radius 1 is 1.12 bits per heavy atom. The second-order valence-corrected chi connectivity index (χ2v) is 11.7. The first kappa shape index (κ1) is 24.9. The summed E-state index contributed by atoms with van der Waals surface area (Å²) in [5, 5.41) is 5.63. The molecule has 0 bridgehead atoms. The number of hydrogen-bond acceptors (Lipinski definition) is 4. The first-order valence-electron chi connectivity index (χ1n) is 11.9. The van der Waals surface area contributed by atoms with Crippen LogP contribution in [-0.2, 0) is 29.5 Å². The lowest BCUT2D eigenvalue weighted by Crippen LogP contribution is -2.35. The molecule has 0 N–H and O–H groups in total. The maximum absolute atomic E-state index is 13.6. The van der Waals surface area contributed by atoms with Crippen LogP contribution in [0.25, 0.3) is 5.69 Å². The van der Waals surface area contributed by atoms with Crippen LogP contribution in [-0.4, -0.2) is 47.0 Å². The van der Waals surface area contributed by atoms with Crippen LogP contribution in [0.15, 0.2) is 59.5 Å². The zero-order valence-corrected chi connectivity index (χ0v) is 21.7. The average Bonchev–Trinajstić information content (AvgIpc) is 3.17. The van der Waals surface area contributed by atoms with Crippen LogP contribution < -0.4 is 0 Å². The Bertz CT molecular complexity index is 1220. The van der Waals surface area contributed by atoms with E-state index in [1.807, 2.05) is 48.9 Å². The molecule has 4 rings (SSSR count). The van der Waals surface area contributed by atoms with Gasteiger partial charge in [0.1, 0.15) is 0 Å². The van der Waals surface area contributed by atoms with Crippen LogP contribution >= 0.6 is 11.6 Å². The molecule has 0 aliphatic carbocycles. The number of benzene rings is 2. The Morgan fingerprint density at radius 2 is 1.88 bits per heavy atom. The number of rotatable bonds is 9. The number of halogens is 1. The Kier molecular flexibility index (Phi) is 7.77. The molecule has 34 heavy (non-hydrogen) atoms. The second-order valence-electron chi connectivity index (χ2n) is 9.29. The molecule has 0 amide bonds. The fourth-order valence-corrected chi connectivity index (χ4v) is 6.33. The molecule has 0 radical (unpaired) electrons. The van der Waals surface area contributed by atoms with E-state index >= 15 is 0 Å². The van der Waals surface area contributed by atoms with Gasteiger partial charge < -0.3 is 0 Å². The number of hydrogen-bond donors (Lipinski definition) is 0. The van der Waals surface area contributed by atoms with Crippen LogP contribution in [0.3, 0.4) is 0 Å². The summed E-state index contributed by atoms with van der Waals surface area (Å²) in [6, 6.07) is 16.3. The third-order valence-corrected chi connectivity index (χ3v) is 8.15. The van der Waals surface area contributed by atoms with Gasteiger partial charge in [0, 0.05) is 36.6 Å². The standard InChI is InChI=1S/C26H33ClN4O2S/c1-4-14-29-15-13-26-24(18-29)25(28-31(26)22-10-8-9-21(27)16-22)19-30(17-20(2)3)34(32,33)23-11-6-5-7-12-23/h5-12,16,20H,4,13-15,17-19H2,1-3H3. The largest absolute Gasteiger partial charge is 0.299 e. The van der Waals surface area contributed by atoms with Crippen LogP contribution in [0, 0.1) is 5.92 Å². The number of fused-ring (bicyclic) bond motifs is 1. The van der Waals surface area contributed by atoms with Crippen molar-refractivity contribution in [3.8, 4) is 5.69 Å². The zero-order chi connectivity index (χ0) is 24.3. The highest BCUT2D eigenvalue weighted by Crippen LogP contribution is 2.29. The van der Waals surface area contributed by atoms with Gasteiger partial charge in [-0.1, -0.05) is 56.6 Å². The van der Waals surface area contributed by atoms with Gasteiger partial charge in [-0.15, -0.1) is 0 Å². The molecule has 0 spiro atoms. The SMILES string of the molecule is CCCN1CCc2c(c(CN(CC(C)C)S(=O)(=O)c3ccccc3)nn2-c2cccc(Cl)c2)C1. The zero-order valence-electron chi connectivity index (χ0n) is 20.1. The summed E-state index contributed by atoms with van der Waals surface area (Å²) in [6.07, 6.45) is 1.94. The van der Waals surface area contributed by atoms with E-state index < -0.39 is 10.0 Å². The van der Waals surface area contributed by atoms with E-state index in [2.05, 4.69) is 11.8 Å². The van der Waals surface area contributed by atoms with Crippen LogP contribution in [0.4, 0.5) is 0 Å². The highest BCUT2D eigenvalue weighted by molar-refractivity contribution is 7.89. The van der Waals surface area contributed by atoms with Crippen molar-refractivity contribution in [2.75, 3.05) is 19.6 Å². The van der Waals surface area contributed by atoms with Gasteiger partial charge in [0.05, 0.1) is 28.5 Å². The van der Waals surface area contributed by atoms with Gasteiger partial charge in [0.2, 0.25) is 10.0 Å². The molecule has 1 aromatic heterocycles. The van der Waals surface area contributed by atoms with Crippen molar-refractivity contribution in [3.05, 3.63) is 76.6 Å². The Hall–Kier alpha value is -2.19.